The minimum absolute atomic E-state index is 0.151. The summed E-state index contributed by atoms with van der Waals surface area (Å²) in [6, 6.07) is 5.38. The average molecular weight is 425 g/mol. The van der Waals surface area contributed by atoms with Crippen LogP contribution in [0.5, 0.6) is 28.7 Å². The Balaban J connectivity index is 2.23. The van der Waals surface area contributed by atoms with E-state index in [2.05, 4.69) is 4.98 Å². The van der Waals surface area contributed by atoms with Crippen LogP contribution in [0, 0.1) is 0 Å². The van der Waals surface area contributed by atoms with Crippen molar-refractivity contribution in [1.82, 2.24) is 4.98 Å². The molecular formula is C23H23NO7. The van der Waals surface area contributed by atoms with Gasteiger partial charge in [-0.05, 0) is 30.7 Å². The second-order valence-corrected chi connectivity index (χ2v) is 6.70. The number of hydrogen-bond acceptors (Lipinski definition) is 8. The van der Waals surface area contributed by atoms with Crippen molar-refractivity contribution in [2.45, 2.75) is 6.92 Å². The zero-order chi connectivity index (χ0) is 22.3. The largest absolute Gasteiger partial charge is 0.493 e. The zero-order valence-electron chi connectivity index (χ0n) is 18.2. The van der Waals surface area contributed by atoms with Crippen LogP contribution < -0.4 is 23.7 Å². The van der Waals surface area contributed by atoms with Gasteiger partial charge in [0.15, 0.2) is 23.0 Å². The van der Waals surface area contributed by atoms with E-state index in [0.717, 1.165) is 16.5 Å². The van der Waals surface area contributed by atoms with Crippen molar-refractivity contribution in [3.8, 4) is 51.1 Å². The summed E-state index contributed by atoms with van der Waals surface area (Å²) >= 11 is 0. The Kier molecular flexibility index (Phi) is 5.22. The molecule has 8 heteroatoms. The Morgan fingerprint density at radius 2 is 1.52 bits per heavy atom. The molecule has 0 radical (unpaired) electrons. The molecule has 0 unspecified atom stereocenters. The first-order valence-electron chi connectivity index (χ1n) is 9.65. The smallest absolute Gasteiger partial charge is 0.356 e. The first kappa shape index (κ1) is 20.6. The van der Waals surface area contributed by atoms with Crippen LogP contribution in [0.15, 0.2) is 18.2 Å². The van der Waals surface area contributed by atoms with E-state index in [0.29, 0.717) is 45.4 Å². The summed E-state index contributed by atoms with van der Waals surface area (Å²) in [7, 11) is 7.77. The molecular weight excluding hydrogens is 402 g/mol. The van der Waals surface area contributed by atoms with Crippen LogP contribution in [0.2, 0.25) is 0 Å². The van der Waals surface area contributed by atoms with Crippen molar-refractivity contribution >= 4 is 16.7 Å². The molecule has 0 atom stereocenters. The van der Waals surface area contributed by atoms with Gasteiger partial charge in [0, 0.05) is 16.3 Å². The first-order chi connectivity index (χ1) is 15.1. The van der Waals surface area contributed by atoms with Gasteiger partial charge in [-0.15, -0.1) is 0 Å². The number of esters is 1. The minimum Gasteiger partial charge on any atom is -0.493 e. The van der Waals surface area contributed by atoms with E-state index in [4.69, 9.17) is 28.4 Å². The van der Waals surface area contributed by atoms with E-state index in [1.165, 1.54) is 14.2 Å². The van der Waals surface area contributed by atoms with Crippen LogP contribution in [0.3, 0.4) is 0 Å². The molecule has 0 bridgehead atoms. The SMILES string of the molecule is CCOC(=O)c1cc2c(OC)c(OC)c(OC)c3c2c(n1)-c1c-3ccc(OC)c1OC. The Morgan fingerprint density at radius 3 is 2.10 bits per heavy atom. The van der Waals surface area contributed by atoms with Gasteiger partial charge in [0.2, 0.25) is 5.75 Å². The highest BCUT2D eigenvalue weighted by Crippen LogP contribution is 2.60. The molecule has 0 saturated carbocycles. The monoisotopic (exact) mass is 425 g/mol. The summed E-state index contributed by atoms with van der Waals surface area (Å²) in [4.78, 5) is 17.3. The summed E-state index contributed by atoms with van der Waals surface area (Å²) in [5, 5.41) is 1.42. The summed E-state index contributed by atoms with van der Waals surface area (Å²) in [5.74, 6) is 1.88. The second kappa shape index (κ2) is 7.86. The predicted molar refractivity (Wildman–Crippen MR) is 115 cm³/mol. The van der Waals surface area contributed by atoms with E-state index in [1.807, 2.05) is 12.1 Å². The molecule has 8 nitrogen and oxygen atoms in total. The van der Waals surface area contributed by atoms with Crippen LogP contribution >= 0.6 is 0 Å². The highest BCUT2D eigenvalue weighted by atomic mass is 16.5. The van der Waals surface area contributed by atoms with Crippen LogP contribution in [0.1, 0.15) is 17.4 Å². The van der Waals surface area contributed by atoms with Gasteiger partial charge in [-0.3, -0.25) is 0 Å². The van der Waals surface area contributed by atoms with Gasteiger partial charge in [0.05, 0.1) is 53.4 Å². The van der Waals surface area contributed by atoms with E-state index in [9.17, 15) is 4.79 Å². The number of fused-ring (bicyclic) bond motifs is 3. The fourth-order valence-corrected chi connectivity index (χ4v) is 4.13. The van der Waals surface area contributed by atoms with Gasteiger partial charge in [0.25, 0.3) is 0 Å². The molecule has 0 N–H and O–H groups in total. The maximum absolute atomic E-state index is 12.6. The maximum atomic E-state index is 12.6. The third kappa shape index (κ3) is 2.82. The fraction of sp³-hybridized carbons (Fsp3) is 0.304. The quantitative estimate of drug-likeness (QED) is 0.409. The number of ether oxygens (including phenoxy) is 6. The standard InChI is InChI=1S/C23H23NO7/c1-7-31-23(25)13-10-12-15-16(21(29-5)22(30-6)19(12)27-3)11-8-9-14(26-2)20(28-4)17(11)18(15)24-13/h8-10H,7H2,1-6H3. The molecule has 1 heterocycles. The lowest BCUT2D eigenvalue weighted by atomic mass is 10.0. The first-order valence-corrected chi connectivity index (χ1v) is 9.65. The predicted octanol–water partition coefficient (Wildman–Crippen LogP) is 4.10. The van der Waals surface area contributed by atoms with Crippen LogP contribution in [-0.4, -0.2) is 53.1 Å². The van der Waals surface area contributed by atoms with Crippen LogP contribution in [0.25, 0.3) is 33.2 Å². The number of nitrogens with zero attached hydrogens (tertiary/aromatic N) is 1. The molecule has 1 aliphatic carbocycles. The van der Waals surface area contributed by atoms with Gasteiger partial charge in [0.1, 0.15) is 5.69 Å². The number of methoxy groups -OCH3 is 5. The molecule has 0 aliphatic heterocycles. The number of carbonyl (C=O) groups is 1. The molecule has 4 rings (SSSR count). The molecule has 1 aliphatic rings. The topological polar surface area (TPSA) is 85.3 Å². The minimum atomic E-state index is -0.533. The van der Waals surface area contributed by atoms with Crippen molar-refractivity contribution in [3.05, 3.63) is 23.9 Å². The van der Waals surface area contributed by atoms with Crippen molar-refractivity contribution in [2.24, 2.45) is 0 Å². The lowest BCUT2D eigenvalue weighted by Gasteiger charge is -2.18. The molecule has 0 amide bonds. The fourth-order valence-electron chi connectivity index (χ4n) is 4.13. The molecule has 0 fully saturated rings. The molecule has 162 valence electrons. The number of benzene rings is 2. The van der Waals surface area contributed by atoms with Gasteiger partial charge < -0.3 is 28.4 Å². The number of pyridine rings is 1. The number of rotatable bonds is 7. The third-order valence-corrected chi connectivity index (χ3v) is 5.30. The Labute approximate surface area is 179 Å². The summed E-state index contributed by atoms with van der Waals surface area (Å²) in [5.41, 5.74) is 3.01. The Morgan fingerprint density at radius 1 is 0.839 bits per heavy atom. The Bertz CT molecular complexity index is 1200. The molecule has 0 spiro atoms. The number of hydrogen-bond donors (Lipinski definition) is 0. The average Bonchev–Trinajstić information content (AvgIpc) is 3.13. The highest BCUT2D eigenvalue weighted by Gasteiger charge is 2.36. The number of aromatic nitrogens is 1. The van der Waals surface area contributed by atoms with Crippen molar-refractivity contribution in [3.63, 3.8) is 0 Å². The summed E-state index contributed by atoms with van der Waals surface area (Å²) in [6.07, 6.45) is 0. The van der Waals surface area contributed by atoms with Crippen molar-refractivity contribution < 1.29 is 33.2 Å². The van der Waals surface area contributed by atoms with Gasteiger partial charge in [-0.2, -0.15) is 0 Å². The van der Waals surface area contributed by atoms with Crippen molar-refractivity contribution in [2.75, 3.05) is 42.2 Å². The molecule has 31 heavy (non-hydrogen) atoms. The van der Waals surface area contributed by atoms with E-state index in [1.54, 1.807) is 34.3 Å². The van der Waals surface area contributed by atoms with Gasteiger partial charge in [-0.1, -0.05) is 0 Å². The van der Waals surface area contributed by atoms with E-state index < -0.39 is 5.97 Å². The third-order valence-electron chi connectivity index (χ3n) is 5.30. The van der Waals surface area contributed by atoms with E-state index >= 15 is 0 Å². The highest BCUT2D eigenvalue weighted by molar-refractivity contribution is 6.21. The molecule has 2 aromatic carbocycles. The molecule has 3 aromatic rings. The summed E-state index contributed by atoms with van der Waals surface area (Å²) in [6.45, 7) is 1.98. The number of carbonyl (C=O) groups excluding carboxylic acids is 1. The molecule has 1 aromatic heterocycles. The Hall–Kier alpha value is -3.68. The van der Waals surface area contributed by atoms with Crippen LogP contribution in [-0.2, 0) is 4.74 Å². The van der Waals surface area contributed by atoms with E-state index in [-0.39, 0.29) is 12.3 Å². The van der Waals surface area contributed by atoms with Gasteiger partial charge >= 0.3 is 5.97 Å². The van der Waals surface area contributed by atoms with Crippen molar-refractivity contribution in [1.29, 1.82) is 0 Å². The van der Waals surface area contributed by atoms with Gasteiger partial charge in [-0.25, -0.2) is 9.78 Å². The maximum Gasteiger partial charge on any atom is 0.356 e. The lowest BCUT2D eigenvalue weighted by molar-refractivity contribution is 0.0520. The lowest BCUT2D eigenvalue weighted by Crippen LogP contribution is -2.08. The molecule has 0 saturated heterocycles. The second-order valence-electron chi connectivity index (χ2n) is 6.70. The summed E-state index contributed by atoms with van der Waals surface area (Å²) < 4.78 is 33.5. The normalized spacial score (nSPS) is 11.2. The van der Waals surface area contributed by atoms with Crippen LogP contribution in [0.4, 0.5) is 0 Å². The zero-order valence-corrected chi connectivity index (χ0v) is 18.2.